The molecule has 0 fully saturated rings. The van der Waals surface area contributed by atoms with Gasteiger partial charge in [0.25, 0.3) is 6.71 Å². The predicted octanol–water partition coefficient (Wildman–Crippen LogP) is 9.34. The monoisotopic (exact) mass is 586 g/mol. The van der Waals surface area contributed by atoms with Crippen LogP contribution in [0.5, 0.6) is 0 Å². The molecule has 0 saturated heterocycles. The van der Waals surface area contributed by atoms with Gasteiger partial charge in [-0.05, 0) is 76.5 Å². The van der Waals surface area contributed by atoms with Gasteiger partial charge in [0.2, 0.25) is 0 Å². The third kappa shape index (κ3) is 3.55. The summed E-state index contributed by atoms with van der Waals surface area (Å²) in [5.74, 6) is 0. The highest BCUT2D eigenvalue weighted by Crippen LogP contribution is 2.44. The first-order valence-corrected chi connectivity index (χ1v) is 15.8. The Bertz CT molecular complexity index is 2450. The molecule has 0 unspecified atom stereocenters. The molecule has 4 heteroatoms. The molecule has 0 N–H and O–H groups in total. The molecule has 0 aliphatic carbocycles. The normalized spacial score (nSPS) is 13.1. The Labute approximate surface area is 267 Å². The molecule has 0 spiro atoms. The number of rotatable bonds is 3. The van der Waals surface area contributed by atoms with Gasteiger partial charge in [-0.3, -0.25) is 0 Å². The van der Waals surface area contributed by atoms with Gasteiger partial charge in [0.15, 0.2) is 0 Å². The second-order valence-corrected chi connectivity index (χ2v) is 12.1. The maximum Gasteiger partial charge on any atom is 0.252 e. The zero-order valence-electron chi connectivity index (χ0n) is 25.0. The topological polar surface area (TPSA) is 19.6 Å². The molecule has 7 aromatic carbocycles. The molecular weight excluding hydrogens is 559 g/mol. The van der Waals surface area contributed by atoms with Crippen molar-refractivity contribution in [3.8, 4) is 11.1 Å². The smallest absolute Gasteiger partial charge is 0.252 e. The molecular formula is C42H27BN2O. The number of hydrogen-bond acceptors (Lipinski definition) is 3. The SMILES string of the molecule is c1ccc(N2c3ccccc3B3c4ccccc4N(c4ccc(-c5cccc6c5oc5ccccc56)cc4)c4cccc2c43)cc1. The highest BCUT2D eigenvalue weighted by atomic mass is 16.3. The van der Waals surface area contributed by atoms with Crippen LogP contribution in [0.4, 0.5) is 34.1 Å². The first kappa shape index (κ1) is 25.3. The van der Waals surface area contributed by atoms with Crippen LogP contribution >= 0.6 is 0 Å². The van der Waals surface area contributed by atoms with Crippen molar-refractivity contribution in [3.05, 3.63) is 164 Å². The van der Waals surface area contributed by atoms with Crippen molar-refractivity contribution in [3.63, 3.8) is 0 Å². The molecule has 214 valence electrons. The van der Waals surface area contributed by atoms with E-state index in [1.165, 1.54) is 39.1 Å². The van der Waals surface area contributed by atoms with Crippen molar-refractivity contribution >= 4 is 79.2 Å². The molecule has 0 amide bonds. The Morgan fingerprint density at radius 2 is 0.957 bits per heavy atom. The van der Waals surface area contributed by atoms with E-state index >= 15 is 0 Å². The minimum absolute atomic E-state index is 0.139. The number of furan rings is 1. The molecule has 0 bridgehead atoms. The predicted molar refractivity (Wildman–Crippen MR) is 193 cm³/mol. The van der Waals surface area contributed by atoms with Gasteiger partial charge in [-0.15, -0.1) is 0 Å². The average molecular weight is 587 g/mol. The Hall–Kier alpha value is -6.00. The van der Waals surface area contributed by atoms with Gasteiger partial charge < -0.3 is 14.2 Å². The zero-order chi connectivity index (χ0) is 30.2. The number of benzene rings is 7. The summed E-state index contributed by atoms with van der Waals surface area (Å²) in [6.45, 7) is 0.139. The molecule has 3 heterocycles. The molecule has 0 radical (unpaired) electrons. The van der Waals surface area contributed by atoms with E-state index in [1.54, 1.807) is 0 Å². The standard InChI is InChI=1S/C42H27BN2O/c1-2-12-29(13-3-1)44-36-19-7-5-17-34(36)43-35-18-6-8-20-37(35)45(39-22-11-21-38(44)41(39)43)30-26-24-28(25-27-30)31-15-10-16-33-32-14-4-9-23-40(32)46-42(31)33/h1-27H. The van der Waals surface area contributed by atoms with Crippen LogP contribution in [0.2, 0.25) is 0 Å². The van der Waals surface area contributed by atoms with Crippen molar-refractivity contribution in [2.24, 2.45) is 0 Å². The summed E-state index contributed by atoms with van der Waals surface area (Å²) < 4.78 is 6.38. The fraction of sp³-hybridized carbons (Fsp3) is 0. The van der Waals surface area contributed by atoms with E-state index in [0.717, 1.165) is 44.4 Å². The van der Waals surface area contributed by atoms with Crippen molar-refractivity contribution in [1.82, 2.24) is 0 Å². The summed E-state index contributed by atoms with van der Waals surface area (Å²) in [5.41, 5.74) is 15.2. The highest BCUT2D eigenvalue weighted by molar-refractivity contribution is 7.00. The fourth-order valence-electron chi connectivity index (χ4n) is 7.73. The lowest BCUT2D eigenvalue weighted by atomic mass is 9.33. The summed E-state index contributed by atoms with van der Waals surface area (Å²) in [6.07, 6.45) is 0. The molecule has 10 rings (SSSR count). The summed E-state index contributed by atoms with van der Waals surface area (Å²) in [5, 5.41) is 2.29. The van der Waals surface area contributed by atoms with E-state index in [2.05, 4.69) is 161 Å². The summed E-state index contributed by atoms with van der Waals surface area (Å²) in [6, 6.07) is 58.9. The van der Waals surface area contributed by atoms with E-state index in [4.69, 9.17) is 4.42 Å². The van der Waals surface area contributed by atoms with E-state index < -0.39 is 0 Å². The number of para-hydroxylation sites is 5. The van der Waals surface area contributed by atoms with Gasteiger partial charge in [0, 0.05) is 50.5 Å². The quantitative estimate of drug-likeness (QED) is 0.192. The molecule has 3 nitrogen and oxygen atoms in total. The Balaban J connectivity index is 1.16. The highest BCUT2D eigenvalue weighted by Gasteiger charge is 2.42. The maximum atomic E-state index is 6.38. The molecule has 2 aliphatic heterocycles. The molecule has 2 aliphatic rings. The number of hydrogen-bond donors (Lipinski definition) is 0. The van der Waals surface area contributed by atoms with E-state index in [1.807, 2.05) is 12.1 Å². The summed E-state index contributed by atoms with van der Waals surface area (Å²) in [4.78, 5) is 4.86. The Morgan fingerprint density at radius 3 is 1.67 bits per heavy atom. The van der Waals surface area contributed by atoms with Gasteiger partial charge >= 0.3 is 0 Å². The van der Waals surface area contributed by atoms with Gasteiger partial charge in [0.05, 0.1) is 0 Å². The minimum Gasteiger partial charge on any atom is -0.455 e. The van der Waals surface area contributed by atoms with E-state index in [9.17, 15) is 0 Å². The number of anilines is 6. The third-order valence-corrected chi connectivity index (χ3v) is 9.66. The van der Waals surface area contributed by atoms with Gasteiger partial charge in [0.1, 0.15) is 11.2 Å². The van der Waals surface area contributed by atoms with Crippen LogP contribution in [0.15, 0.2) is 168 Å². The van der Waals surface area contributed by atoms with Crippen LogP contribution in [0.1, 0.15) is 0 Å². The molecule has 0 atom stereocenters. The van der Waals surface area contributed by atoms with Crippen LogP contribution in [0.3, 0.4) is 0 Å². The second kappa shape index (κ2) is 9.75. The molecule has 0 saturated carbocycles. The zero-order valence-corrected chi connectivity index (χ0v) is 25.0. The lowest BCUT2D eigenvalue weighted by Gasteiger charge is -2.44. The van der Waals surface area contributed by atoms with Gasteiger partial charge in [-0.2, -0.15) is 0 Å². The number of nitrogens with zero attached hydrogens (tertiary/aromatic N) is 2. The van der Waals surface area contributed by atoms with Crippen LogP contribution in [-0.2, 0) is 0 Å². The van der Waals surface area contributed by atoms with E-state index in [-0.39, 0.29) is 6.71 Å². The van der Waals surface area contributed by atoms with Gasteiger partial charge in [-0.25, -0.2) is 0 Å². The number of fused-ring (bicyclic) bond motifs is 7. The fourth-order valence-corrected chi connectivity index (χ4v) is 7.73. The Morgan fingerprint density at radius 1 is 0.413 bits per heavy atom. The van der Waals surface area contributed by atoms with Crippen molar-refractivity contribution in [1.29, 1.82) is 0 Å². The summed E-state index contributed by atoms with van der Waals surface area (Å²) in [7, 11) is 0. The second-order valence-electron chi connectivity index (χ2n) is 12.1. The third-order valence-electron chi connectivity index (χ3n) is 9.66. The molecule has 8 aromatic rings. The first-order chi connectivity index (χ1) is 22.8. The van der Waals surface area contributed by atoms with Crippen LogP contribution in [0.25, 0.3) is 33.1 Å². The first-order valence-electron chi connectivity index (χ1n) is 15.8. The average Bonchev–Trinajstić information content (AvgIpc) is 3.51. The van der Waals surface area contributed by atoms with Crippen molar-refractivity contribution in [2.75, 3.05) is 9.80 Å². The Kier molecular flexibility index (Phi) is 5.37. The van der Waals surface area contributed by atoms with Crippen LogP contribution < -0.4 is 26.2 Å². The van der Waals surface area contributed by atoms with Gasteiger partial charge in [-0.1, -0.05) is 109 Å². The largest absolute Gasteiger partial charge is 0.455 e. The maximum absolute atomic E-state index is 6.38. The summed E-state index contributed by atoms with van der Waals surface area (Å²) >= 11 is 0. The molecule has 1 aromatic heterocycles. The molecule has 46 heavy (non-hydrogen) atoms. The minimum atomic E-state index is 0.139. The van der Waals surface area contributed by atoms with E-state index in [0.29, 0.717) is 0 Å². The van der Waals surface area contributed by atoms with Crippen molar-refractivity contribution in [2.45, 2.75) is 0 Å². The lowest BCUT2D eigenvalue weighted by molar-refractivity contribution is 0.670. The van der Waals surface area contributed by atoms with Crippen LogP contribution in [-0.4, -0.2) is 6.71 Å². The van der Waals surface area contributed by atoms with Crippen molar-refractivity contribution < 1.29 is 4.42 Å². The lowest BCUT2D eigenvalue weighted by Crippen LogP contribution is -2.61. The van der Waals surface area contributed by atoms with Crippen LogP contribution in [0, 0.1) is 0 Å².